The van der Waals surface area contributed by atoms with Crippen LogP contribution < -0.4 is 10.2 Å². The highest BCUT2D eigenvalue weighted by molar-refractivity contribution is 5.82. The Morgan fingerprint density at radius 3 is 2.74 bits per heavy atom. The summed E-state index contributed by atoms with van der Waals surface area (Å²) in [5, 5.41) is 3.19. The SMILES string of the molecule is O=C(NC1CC1)[C@H]1CCCN(C2CCN(c3ncnc4nc[nH]c34)CC2)C1. The number of hydrogen-bond acceptors (Lipinski definition) is 6. The normalized spacial score (nSPS) is 25.0. The van der Waals surface area contributed by atoms with E-state index in [1.54, 1.807) is 12.7 Å². The molecule has 1 aliphatic carbocycles. The molecule has 4 heterocycles. The summed E-state index contributed by atoms with van der Waals surface area (Å²) in [7, 11) is 0. The monoisotopic (exact) mass is 369 g/mol. The van der Waals surface area contributed by atoms with Gasteiger partial charge < -0.3 is 15.2 Å². The summed E-state index contributed by atoms with van der Waals surface area (Å²) in [6.45, 7) is 3.99. The van der Waals surface area contributed by atoms with E-state index in [2.05, 4.69) is 35.1 Å². The number of nitrogens with one attached hydrogen (secondary N) is 2. The number of aromatic nitrogens is 4. The lowest BCUT2D eigenvalue weighted by Crippen LogP contribution is -2.51. The molecular weight excluding hydrogens is 342 g/mol. The van der Waals surface area contributed by atoms with Crippen LogP contribution in [-0.2, 0) is 4.79 Å². The fourth-order valence-corrected chi connectivity index (χ4v) is 4.53. The van der Waals surface area contributed by atoms with Crippen molar-refractivity contribution in [2.75, 3.05) is 31.1 Å². The molecule has 0 bridgehead atoms. The van der Waals surface area contributed by atoms with Crippen molar-refractivity contribution in [1.82, 2.24) is 30.2 Å². The Balaban J connectivity index is 1.20. The highest BCUT2D eigenvalue weighted by Gasteiger charge is 2.34. The van der Waals surface area contributed by atoms with Gasteiger partial charge in [0.15, 0.2) is 11.5 Å². The maximum absolute atomic E-state index is 12.4. The smallest absolute Gasteiger partial charge is 0.224 e. The number of hydrogen-bond donors (Lipinski definition) is 2. The molecule has 2 aromatic heterocycles. The Hall–Kier alpha value is -2.22. The lowest BCUT2D eigenvalue weighted by atomic mass is 9.93. The lowest BCUT2D eigenvalue weighted by Gasteiger charge is -2.42. The third-order valence-corrected chi connectivity index (χ3v) is 6.23. The van der Waals surface area contributed by atoms with Gasteiger partial charge in [0.25, 0.3) is 0 Å². The van der Waals surface area contributed by atoms with Crippen molar-refractivity contribution < 1.29 is 4.79 Å². The van der Waals surface area contributed by atoms with E-state index in [4.69, 9.17) is 0 Å². The summed E-state index contributed by atoms with van der Waals surface area (Å²) < 4.78 is 0. The zero-order chi connectivity index (χ0) is 18.2. The van der Waals surface area contributed by atoms with Gasteiger partial charge in [-0.25, -0.2) is 15.0 Å². The van der Waals surface area contributed by atoms with Crippen molar-refractivity contribution in [3.05, 3.63) is 12.7 Å². The molecule has 3 fully saturated rings. The van der Waals surface area contributed by atoms with Gasteiger partial charge in [0.05, 0.1) is 12.2 Å². The van der Waals surface area contributed by atoms with Gasteiger partial charge in [-0.1, -0.05) is 0 Å². The summed E-state index contributed by atoms with van der Waals surface area (Å²) in [5.41, 5.74) is 1.65. The van der Waals surface area contributed by atoms with Crippen LogP contribution in [0.4, 0.5) is 5.82 Å². The number of imidazole rings is 1. The molecule has 1 atom stereocenters. The zero-order valence-corrected chi connectivity index (χ0v) is 15.6. The van der Waals surface area contributed by atoms with Crippen LogP contribution in [0, 0.1) is 5.92 Å². The maximum Gasteiger partial charge on any atom is 0.224 e. The fourth-order valence-electron chi connectivity index (χ4n) is 4.53. The van der Waals surface area contributed by atoms with Crippen LogP contribution in [0.1, 0.15) is 38.5 Å². The lowest BCUT2D eigenvalue weighted by molar-refractivity contribution is -0.127. The van der Waals surface area contributed by atoms with Crippen LogP contribution in [0.5, 0.6) is 0 Å². The number of carbonyl (C=O) groups excluding carboxylic acids is 1. The highest BCUT2D eigenvalue weighted by Crippen LogP contribution is 2.28. The first-order valence-electron chi connectivity index (χ1n) is 10.2. The molecule has 3 aliphatic rings. The van der Waals surface area contributed by atoms with Crippen molar-refractivity contribution >= 4 is 22.9 Å². The Morgan fingerprint density at radius 2 is 1.93 bits per heavy atom. The predicted molar refractivity (Wildman–Crippen MR) is 102 cm³/mol. The second-order valence-electron chi connectivity index (χ2n) is 8.13. The fraction of sp³-hybridized carbons (Fsp3) is 0.684. The van der Waals surface area contributed by atoms with Crippen LogP contribution in [0.25, 0.3) is 11.2 Å². The van der Waals surface area contributed by atoms with Gasteiger partial charge in [0.1, 0.15) is 11.8 Å². The molecule has 2 saturated heterocycles. The molecule has 2 N–H and O–H groups in total. The van der Waals surface area contributed by atoms with Gasteiger partial charge in [-0.3, -0.25) is 9.69 Å². The molecule has 2 aliphatic heterocycles. The van der Waals surface area contributed by atoms with Gasteiger partial charge in [-0.05, 0) is 45.1 Å². The van der Waals surface area contributed by atoms with Crippen LogP contribution >= 0.6 is 0 Å². The van der Waals surface area contributed by atoms with E-state index in [1.807, 2.05) is 0 Å². The largest absolute Gasteiger partial charge is 0.355 e. The third kappa shape index (κ3) is 3.50. The number of piperidine rings is 2. The summed E-state index contributed by atoms with van der Waals surface area (Å²) in [4.78, 5) is 33.4. The quantitative estimate of drug-likeness (QED) is 0.845. The number of anilines is 1. The van der Waals surface area contributed by atoms with Crippen molar-refractivity contribution in [2.24, 2.45) is 5.92 Å². The molecule has 8 nitrogen and oxygen atoms in total. The first kappa shape index (κ1) is 16.9. The Morgan fingerprint density at radius 1 is 1.07 bits per heavy atom. The molecule has 144 valence electrons. The average Bonchev–Trinajstić information content (AvgIpc) is 3.40. The molecule has 1 amide bonds. The number of amides is 1. The van der Waals surface area contributed by atoms with E-state index in [0.717, 1.165) is 81.7 Å². The van der Waals surface area contributed by atoms with Gasteiger partial charge in [0, 0.05) is 31.7 Å². The Kier molecular flexibility index (Phi) is 4.43. The van der Waals surface area contributed by atoms with E-state index in [1.165, 1.54) is 0 Å². The van der Waals surface area contributed by atoms with E-state index < -0.39 is 0 Å². The Labute approximate surface area is 158 Å². The average molecular weight is 369 g/mol. The summed E-state index contributed by atoms with van der Waals surface area (Å²) >= 11 is 0. The van der Waals surface area contributed by atoms with E-state index in [9.17, 15) is 4.79 Å². The van der Waals surface area contributed by atoms with E-state index >= 15 is 0 Å². The van der Waals surface area contributed by atoms with Crippen molar-refractivity contribution in [3.8, 4) is 0 Å². The zero-order valence-electron chi connectivity index (χ0n) is 15.6. The van der Waals surface area contributed by atoms with Gasteiger partial charge in [-0.15, -0.1) is 0 Å². The second kappa shape index (κ2) is 7.07. The molecule has 0 unspecified atom stereocenters. The third-order valence-electron chi connectivity index (χ3n) is 6.23. The topological polar surface area (TPSA) is 90.0 Å². The van der Waals surface area contributed by atoms with Crippen molar-refractivity contribution in [3.63, 3.8) is 0 Å². The van der Waals surface area contributed by atoms with Crippen LogP contribution in [0.2, 0.25) is 0 Å². The molecular formula is C19H27N7O. The van der Waals surface area contributed by atoms with Crippen LogP contribution in [-0.4, -0.2) is 69.0 Å². The van der Waals surface area contributed by atoms with E-state index in [-0.39, 0.29) is 11.8 Å². The molecule has 8 heteroatoms. The molecule has 5 rings (SSSR count). The number of aromatic amines is 1. The Bertz CT molecular complexity index is 809. The van der Waals surface area contributed by atoms with Crippen LogP contribution in [0.3, 0.4) is 0 Å². The van der Waals surface area contributed by atoms with Crippen LogP contribution in [0.15, 0.2) is 12.7 Å². The molecule has 0 spiro atoms. The van der Waals surface area contributed by atoms with Gasteiger partial charge in [-0.2, -0.15) is 0 Å². The van der Waals surface area contributed by atoms with Crippen molar-refractivity contribution in [2.45, 2.75) is 50.6 Å². The standard InChI is InChI=1S/C19H27N7O/c27-19(24-14-3-4-14)13-2-1-7-26(10-13)15-5-8-25(9-6-15)18-16-17(21-11-20-16)22-12-23-18/h11-15H,1-10H2,(H,24,27)(H,20,21,22,23)/t13-/m0/s1. The second-order valence-corrected chi connectivity index (χ2v) is 8.13. The predicted octanol–water partition coefficient (Wildman–Crippen LogP) is 1.31. The number of carbonyl (C=O) groups is 1. The molecule has 0 radical (unpaired) electrons. The maximum atomic E-state index is 12.4. The first-order valence-corrected chi connectivity index (χ1v) is 10.2. The number of likely N-dealkylation sites (tertiary alicyclic amines) is 1. The summed E-state index contributed by atoms with van der Waals surface area (Å²) in [6.07, 6.45) is 9.97. The van der Waals surface area contributed by atoms with Crippen molar-refractivity contribution in [1.29, 1.82) is 0 Å². The molecule has 27 heavy (non-hydrogen) atoms. The molecule has 1 saturated carbocycles. The van der Waals surface area contributed by atoms with Gasteiger partial charge in [0.2, 0.25) is 5.91 Å². The number of H-pyrrole nitrogens is 1. The van der Waals surface area contributed by atoms with Gasteiger partial charge >= 0.3 is 0 Å². The van der Waals surface area contributed by atoms with E-state index in [0.29, 0.717) is 12.1 Å². The highest BCUT2D eigenvalue weighted by atomic mass is 16.2. The number of rotatable bonds is 4. The summed E-state index contributed by atoms with van der Waals surface area (Å²) in [5.74, 6) is 1.41. The molecule has 2 aromatic rings. The number of fused-ring (bicyclic) bond motifs is 1. The minimum Gasteiger partial charge on any atom is -0.355 e. The molecule has 0 aromatic carbocycles. The first-order chi connectivity index (χ1) is 13.3. The summed E-state index contributed by atoms with van der Waals surface area (Å²) in [6, 6.07) is 1.03. The minimum atomic E-state index is 0.170. The minimum absolute atomic E-state index is 0.170. The number of nitrogens with zero attached hydrogens (tertiary/aromatic N) is 5.